The first-order valence-corrected chi connectivity index (χ1v) is 8.85. The summed E-state index contributed by atoms with van der Waals surface area (Å²) in [5.74, 6) is 0.791. The van der Waals surface area contributed by atoms with Crippen LogP contribution >= 0.6 is 0 Å². The molecule has 0 radical (unpaired) electrons. The molecule has 4 rings (SSSR count). The molecule has 5 heteroatoms. The average Bonchev–Trinajstić information content (AvgIpc) is 3.38. The Morgan fingerprint density at radius 3 is 2.54 bits per heavy atom. The number of carbonyl (C=O) groups is 1. The van der Waals surface area contributed by atoms with Crippen molar-refractivity contribution in [2.75, 3.05) is 20.2 Å². The van der Waals surface area contributed by atoms with Gasteiger partial charge in [-0.25, -0.2) is 4.68 Å². The van der Waals surface area contributed by atoms with Gasteiger partial charge in [0.2, 0.25) is 0 Å². The van der Waals surface area contributed by atoms with Crippen LogP contribution in [0.25, 0.3) is 16.9 Å². The van der Waals surface area contributed by atoms with Gasteiger partial charge >= 0.3 is 0 Å². The lowest BCUT2D eigenvalue weighted by atomic mass is 10.1. The minimum atomic E-state index is 0.0440. The number of ether oxygens (including phenoxy) is 1. The van der Waals surface area contributed by atoms with Gasteiger partial charge in [0.25, 0.3) is 5.91 Å². The molecule has 5 nitrogen and oxygen atoms in total. The highest BCUT2D eigenvalue weighted by molar-refractivity contribution is 6.00. The van der Waals surface area contributed by atoms with Crippen molar-refractivity contribution in [3.05, 3.63) is 66.4 Å². The first kappa shape index (κ1) is 16.4. The molecular formula is C21H21N3O2. The minimum absolute atomic E-state index is 0.0440. The smallest absolute Gasteiger partial charge is 0.257 e. The third kappa shape index (κ3) is 3.08. The molecule has 0 aliphatic carbocycles. The molecule has 0 N–H and O–H groups in total. The first-order valence-electron chi connectivity index (χ1n) is 8.85. The van der Waals surface area contributed by atoms with E-state index in [0.29, 0.717) is 11.3 Å². The Balaban J connectivity index is 1.82. The number of hydrogen-bond acceptors (Lipinski definition) is 3. The number of likely N-dealkylation sites (tertiary alicyclic amines) is 1. The third-order valence-corrected chi connectivity index (χ3v) is 4.70. The van der Waals surface area contributed by atoms with Gasteiger partial charge in [0.05, 0.1) is 18.4 Å². The van der Waals surface area contributed by atoms with Crippen molar-refractivity contribution >= 4 is 5.91 Å². The van der Waals surface area contributed by atoms with E-state index in [1.165, 1.54) is 0 Å². The summed E-state index contributed by atoms with van der Waals surface area (Å²) in [5, 5.41) is 4.73. The van der Waals surface area contributed by atoms with Gasteiger partial charge in [-0.3, -0.25) is 4.79 Å². The number of hydrogen-bond donors (Lipinski definition) is 0. The summed E-state index contributed by atoms with van der Waals surface area (Å²) in [7, 11) is 1.64. The van der Waals surface area contributed by atoms with E-state index in [2.05, 4.69) is 0 Å². The SMILES string of the molecule is COc1cccc(-c2nn(-c3ccccc3)cc2C(=O)N2CCCC2)c1. The summed E-state index contributed by atoms with van der Waals surface area (Å²) in [6.45, 7) is 1.62. The van der Waals surface area contributed by atoms with Gasteiger partial charge in [-0.05, 0) is 37.1 Å². The Morgan fingerprint density at radius 1 is 1.04 bits per heavy atom. The van der Waals surface area contributed by atoms with Crippen LogP contribution in [-0.2, 0) is 0 Å². The lowest BCUT2D eigenvalue weighted by molar-refractivity contribution is 0.0793. The second-order valence-electron chi connectivity index (χ2n) is 6.40. The van der Waals surface area contributed by atoms with Crippen LogP contribution in [-0.4, -0.2) is 40.8 Å². The van der Waals surface area contributed by atoms with E-state index in [1.807, 2.05) is 65.7 Å². The van der Waals surface area contributed by atoms with Crippen molar-refractivity contribution in [1.82, 2.24) is 14.7 Å². The van der Waals surface area contributed by atoms with Crippen LogP contribution in [0.4, 0.5) is 0 Å². The predicted molar refractivity (Wildman–Crippen MR) is 101 cm³/mol. The van der Waals surface area contributed by atoms with Crippen molar-refractivity contribution in [2.45, 2.75) is 12.8 Å². The topological polar surface area (TPSA) is 47.4 Å². The van der Waals surface area contributed by atoms with E-state index >= 15 is 0 Å². The summed E-state index contributed by atoms with van der Waals surface area (Å²) in [6, 6.07) is 17.5. The van der Waals surface area contributed by atoms with E-state index in [1.54, 1.807) is 11.8 Å². The van der Waals surface area contributed by atoms with Crippen molar-refractivity contribution in [3.63, 3.8) is 0 Å². The molecule has 0 atom stereocenters. The summed E-state index contributed by atoms with van der Waals surface area (Å²) >= 11 is 0. The summed E-state index contributed by atoms with van der Waals surface area (Å²) in [6.07, 6.45) is 3.96. The maximum absolute atomic E-state index is 13.1. The number of benzene rings is 2. The first-order chi connectivity index (χ1) is 12.8. The lowest BCUT2D eigenvalue weighted by Crippen LogP contribution is -2.27. The van der Waals surface area contributed by atoms with Gasteiger partial charge < -0.3 is 9.64 Å². The number of para-hydroxylation sites is 1. The molecule has 2 heterocycles. The van der Waals surface area contributed by atoms with Crippen LogP contribution in [0.2, 0.25) is 0 Å². The highest BCUT2D eigenvalue weighted by Crippen LogP contribution is 2.28. The molecule has 1 fully saturated rings. The number of carbonyl (C=O) groups excluding carboxylic acids is 1. The maximum atomic E-state index is 13.1. The summed E-state index contributed by atoms with van der Waals surface area (Å²) in [4.78, 5) is 15.0. The molecule has 132 valence electrons. The Hall–Kier alpha value is -3.08. The number of rotatable bonds is 4. The molecule has 0 unspecified atom stereocenters. The lowest BCUT2D eigenvalue weighted by Gasteiger charge is -2.14. The van der Waals surface area contributed by atoms with Crippen LogP contribution in [0.5, 0.6) is 5.75 Å². The van der Waals surface area contributed by atoms with Crippen LogP contribution in [0.3, 0.4) is 0 Å². The molecule has 26 heavy (non-hydrogen) atoms. The number of aromatic nitrogens is 2. The Bertz CT molecular complexity index is 912. The van der Waals surface area contributed by atoms with E-state index in [4.69, 9.17) is 9.84 Å². The quantitative estimate of drug-likeness (QED) is 0.721. The maximum Gasteiger partial charge on any atom is 0.257 e. The van der Waals surface area contributed by atoms with Crippen LogP contribution < -0.4 is 4.74 Å². The van der Waals surface area contributed by atoms with Crippen molar-refractivity contribution in [1.29, 1.82) is 0 Å². The molecule has 3 aromatic rings. The van der Waals surface area contributed by atoms with Gasteiger partial charge in [0.1, 0.15) is 11.4 Å². The molecule has 0 spiro atoms. The zero-order chi connectivity index (χ0) is 17.9. The Morgan fingerprint density at radius 2 is 1.81 bits per heavy atom. The number of methoxy groups -OCH3 is 1. The van der Waals surface area contributed by atoms with Gasteiger partial charge in [0.15, 0.2) is 0 Å². The van der Waals surface area contributed by atoms with E-state index < -0.39 is 0 Å². The van der Waals surface area contributed by atoms with Crippen molar-refractivity contribution in [2.24, 2.45) is 0 Å². The molecular weight excluding hydrogens is 326 g/mol. The van der Waals surface area contributed by atoms with E-state index in [-0.39, 0.29) is 5.91 Å². The number of nitrogens with zero attached hydrogens (tertiary/aromatic N) is 3. The minimum Gasteiger partial charge on any atom is -0.497 e. The number of amides is 1. The van der Waals surface area contributed by atoms with Gasteiger partial charge in [0, 0.05) is 24.8 Å². The van der Waals surface area contributed by atoms with Crippen molar-refractivity contribution < 1.29 is 9.53 Å². The van der Waals surface area contributed by atoms with Crippen LogP contribution in [0.1, 0.15) is 23.2 Å². The average molecular weight is 347 g/mol. The molecule has 1 aliphatic rings. The predicted octanol–water partition coefficient (Wildman–Crippen LogP) is 3.78. The fourth-order valence-corrected chi connectivity index (χ4v) is 3.32. The van der Waals surface area contributed by atoms with Gasteiger partial charge in [-0.2, -0.15) is 5.10 Å². The molecule has 2 aromatic carbocycles. The van der Waals surface area contributed by atoms with Gasteiger partial charge in [-0.1, -0.05) is 30.3 Å². The fourth-order valence-electron chi connectivity index (χ4n) is 3.32. The molecule has 1 aliphatic heterocycles. The molecule has 0 saturated carbocycles. The van der Waals surface area contributed by atoms with Gasteiger partial charge in [-0.15, -0.1) is 0 Å². The summed E-state index contributed by atoms with van der Waals surface area (Å²) < 4.78 is 7.11. The molecule has 0 bridgehead atoms. The fraction of sp³-hybridized carbons (Fsp3) is 0.238. The molecule has 1 aromatic heterocycles. The third-order valence-electron chi connectivity index (χ3n) is 4.70. The highest BCUT2D eigenvalue weighted by atomic mass is 16.5. The van der Waals surface area contributed by atoms with Crippen LogP contribution in [0.15, 0.2) is 60.8 Å². The zero-order valence-electron chi connectivity index (χ0n) is 14.8. The highest BCUT2D eigenvalue weighted by Gasteiger charge is 2.25. The van der Waals surface area contributed by atoms with Crippen LogP contribution in [0, 0.1) is 0 Å². The largest absolute Gasteiger partial charge is 0.497 e. The van der Waals surface area contributed by atoms with Crippen molar-refractivity contribution in [3.8, 4) is 22.7 Å². The Labute approximate surface area is 152 Å². The normalized spacial score (nSPS) is 13.8. The standard InChI is InChI=1S/C21H21N3O2/c1-26-18-11-7-8-16(14-18)20-19(21(25)23-12-5-6-13-23)15-24(22-20)17-9-3-2-4-10-17/h2-4,7-11,14-15H,5-6,12-13H2,1H3. The second-order valence-corrected chi connectivity index (χ2v) is 6.40. The second kappa shape index (κ2) is 7.04. The van der Waals surface area contributed by atoms with E-state index in [9.17, 15) is 4.79 Å². The monoisotopic (exact) mass is 347 g/mol. The summed E-state index contributed by atoms with van der Waals surface area (Å²) in [5.41, 5.74) is 3.12. The van der Waals surface area contributed by atoms with E-state index in [0.717, 1.165) is 42.9 Å². The molecule has 1 amide bonds. The molecule has 1 saturated heterocycles. The zero-order valence-corrected chi connectivity index (χ0v) is 14.8. The Kier molecular flexibility index (Phi) is 4.44.